The Labute approximate surface area is 130 Å². The Morgan fingerprint density at radius 1 is 1.24 bits per heavy atom. The summed E-state index contributed by atoms with van der Waals surface area (Å²) in [6.07, 6.45) is 5.38. The van der Waals surface area contributed by atoms with Gasteiger partial charge in [-0.05, 0) is 61.1 Å². The molecule has 1 unspecified atom stereocenters. The van der Waals surface area contributed by atoms with Crippen LogP contribution in [0.5, 0.6) is 5.75 Å². The van der Waals surface area contributed by atoms with E-state index < -0.39 is 0 Å². The molecule has 0 saturated heterocycles. The average molecular weight is 301 g/mol. The van der Waals surface area contributed by atoms with Crippen LogP contribution < -0.4 is 10.5 Å². The van der Waals surface area contributed by atoms with E-state index in [0.717, 1.165) is 31.4 Å². The van der Waals surface area contributed by atoms with E-state index in [9.17, 15) is 0 Å². The van der Waals surface area contributed by atoms with Crippen molar-refractivity contribution in [3.63, 3.8) is 0 Å². The van der Waals surface area contributed by atoms with Crippen molar-refractivity contribution in [1.82, 2.24) is 0 Å². The quantitative estimate of drug-likeness (QED) is 0.924. The molecule has 2 aromatic rings. The Hall–Kier alpha value is -1.32. The van der Waals surface area contributed by atoms with Gasteiger partial charge in [0.05, 0.1) is 7.11 Å². The molecule has 2 nitrogen and oxygen atoms in total. The van der Waals surface area contributed by atoms with Crippen LogP contribution in [0, 0.1) is 0 Å². The van der Waals surface area contributed by atoms with Crippen LogP contribution in [-0.4, -0.2) is 7.11 Å². The summed E-state index contributed by atoms with van der Waals surface area (Å²) in [6.45, 7) is 2.20. The highest BCUT2D eigenvalue weighted by molar-refractivity contribution is 7.12. The van der Waals surface area contributed by atoms with E-state index in [4.69, 9.17) is 10.5 Å². The van der Waals surface area contributed by atoms with Crippen LogP contribution in [0.1, 0.15) is 40.6 Å². The molecule has 3 rings (SSSR count). The molecule has 3 heteroatoms. The van der Waals surface area contributed by atoms with Crippen LogP contribution in [0.25, 0.3) is 0 Å². The maximum absolute atomic E-state index is 6.83. The Morgan fingerprint density at radius 3 is 2.76 bits per heavy atom. The molecular formula is C18H23NOS. The van der Waals surface area contributed by atoms with Gasteiger partial charge in [0.25, 0.3) is 0 Å². The third-order valence-corrected chi connectivity index (χ3v) is 5.71. The predicted molar refractivity (Wildman–Crippen MR) is 89.2 cm³/mol. The van der Waals surface area contributed by atoms with E-state index >= 15 is 0 Å². The minimum absolute atomic E-state index is 0.252. The fourth-order valence-electron chi connectivity index (χ4n) is 3.29. The molecule has 1 atom stereocenters. The molecule has 0 spiro atoms. The summed E-state index contributed by atoms with van der Waals surface area (Å²) >= 11 is 1.90. The van der Waals surface area contributed by atoms with Gasteiger partial charge in [0.2, 0.25) is 0 Å². The van der Waals surface area contributed by atoms with Gasteiger partial charge in [0, 0.05) is 21.7 Å². The number of thiophene rings is 1. The van der Waals surface area contributed by atoms with Crippen molar-refractivity contribution in [2.75, 3.05) is 7.11 Å². The summed E-state index contributed by atoms with van der Waals surface area (Å²) in [5.41, 5.74) is 9.24. The molecule has 0 fully saturated rings. The molecule has 0 saturated carbocycles. The smallest absolute Gasteiger partial charge is 0.119 e. The number of fused-ring (bicyclic) bond motifs is 1. The van der Waals surface area contributed by atoms with Crippen molar-refractivity contribution in [2.45, 2.75) is 44.6 Å². The molecule has 0 radical (unpaired) electrons. The molecule has 112 valence electrons. The first-order valence-electron chi connectivity index (χ1n) is 7.68. The average Bonchev–Trinajstić information content (AvgIpc) is 2.94. The number of rotatable bonds is 4. The lowest BCUT2D eigenvalue weighted by atomic mass is 9.75. The number of aryl methyl sites for hydroxylation is 2. The maximum Gasteiger partial charge on any atom is 0.119 e. The van der Waals surface area contributed by atoms with Crippen LogP contribution in [0.15, 0.2) is 30.3 Å². The number of nitrogens with two attached hydrogens (primary N) is 1. The molecule has 0 amide bonds. The van der Waals surface area contributed by atoms with Gasteiger partial charge in [-0.25, -0.2) is 0 Å². The number of hydrogen-bond acceptors (Lipinski definition) is 3. The van der Waals surface area contributed by atoms with Gasteiger partial charge in [-0.15, -0.1) is 11.3 Å². The summed E-state index contributed by atoms with van der Waals surface area (Å²) in [7, 11) is 1.72. The molecule has 1 heterocycles. The molecule has 1 aromatic carbocycles. The van der Waals surface area contributed by atoms with Crippen LogP contribution in [0.4, 0.5) is 0 Å². The number of hydrogen-bond donors (Lipinski definition) is 1. The number of ether oxygens (including phenoxy) is 1. The lowest BCUT2D eigenvalue weighted by molar-refractivity contribution is 0.365. The lowest BCUT2D eigenvalue weighted by Crippen LogP contribution is -2.42. The molecule has 0 bridgehead atoms. The highest BCUT2D eigenvalue weighted by Crippen LogP contribution is 2.38. The molecular weight excluding hydrogens is 278 g/mol. The second-order valence-electron chi connectivity index (χ2n) is 5.93. The fourth-order valence-corrected chi connectivity index (χ4v) is 4.38. The van der Waals surface area contributed by atoms with E-state index in [-0.39, 0.29) is 5.54 Å². The second kappa shape index (κ2) is 5.82. The molecule has 2 N–H and O–H groups in total. The normalized spacial score (nSPS) is 21.1. The van der Waals surface area contributed by atoms with Gasteiger partial charge in [0.1, 0.15) is 5.75 Å². The Kier molecular flexibility index (Phi) is 4.05. The van der Waals surface area contributed by atoms with Gasteiger partial charge in [-0.3, -0.25) is 0 Å². The predicted octanol–water partition coefficient (Wildman–Crippen LogP) is 4.05. The zero-order valence-electron chi connectivity index (χ0n) is 12.8. The highest BCUT2D eigenvalue weighted by atomic mass is 32.1. The van der Waals surface area contributed by atoms with Crippen molar-refractivity contribution in [3.05, 3.63) is 51.2 Å². The van der Waals surface area contributed by atoms with Crippen LogP contribution >= 0.6 is 11.3 Å². The molecule has 1 aliphatic rings. The zero-order chi connectivity index (χ0) is 14.9. The summed E-state index contributed by atoms with van der Waals surface area (Å²) in [6, 6.07) is 10.8. The van der Waals surface area contributed by atoms with Crippen molar-refractivity contribution < 1.29 is 4.74 Å². The first-order chi connectivity index (χ1) is 10.1. The minimum Gasteiger partial charge on any atom is -0.497 e. The zero-order valence-corrected chi connectivity index (χ0v) is 13.6. The van der Waals surface area contributed by atoms with Gasteiger partial charge in [-0.2, -0.15) is 0 Å². The molecule has 1 aliphatic carbocycles. The van der Waals surface area contributed by atoms with Crippen molar-refractivity contribution in [1.29, 1.82) is 0 Å². The first-order valence-corrected chi connectivity index (χ1v) is 8.50. The van der Waals surface area contributed by atoms with Crippen LogP contribution in [-0.2, 0) is 24.8 Å². The Morgan fingerprint density at radius 2 is 2.05 bits per heavy atom. The second-order valence-corrected chi connectivity index (χ2v) is 7.18. The van der Waals surface area contributed by atoms with Gasteiger partial charge >= 0.3 is 0 Å². The third kappa shape index (κ3) is 2.85. The maximum atomic E-state index is 6.83. The molecule has 0 aliphatic heterocycles. The fraction of sp³-hybridized carbons (Fsp3) is 0.444. The highest BCUT2D eigenvalue weighted by Gasteiger charge is 2.33. The largest absolute Gasteiger partial charge is 0.497 e. The summed E-state index contributed by atoms with van der Waals surface area (Å²) in [5.74, 6) is 0.908. The van der Waals surface area contributed by atoms with E-state index in [2.05, 4.69) is 31.2 Å². The van der Waals surface area contributed by atoms with Crippen molar-refractivity contribution in [2.24, 2.45) is 5.73 Å². The standard InChI is InChI=1S/C18H23NOS/c1-3-15-8-9-16(21-15)12-18(19)10-4-5-13-6-7-14(20-2)11-17(13)18/h6-9,11H,3-5,10,12,19H2,1-2H3. The van der Waals surface area contributed by atoms with Crippen molar-refractivity contribution in [3.8, 4) is 5.75 Å². The van der Waals surface area contributed by atoms with E-state index in [1.807, 2.05) is 17.4 Å². The topological polar surface area (TPSA) is 35.2 Å². The van der Waals surface area contributed by atoms with Crippen LogP contribution in [0.2, 0.25) is 0 Å². The monoisotopic (exact) mass is 301 g/mol. The number of benzene rings is 1. The first kappa shape index (κ1) is 14.6. The third-order valence-electron chi connectivity index (χ3n) is 4.48. The number of methoxy groups -OCH3 is 1. The van der Waals surface area contributed by atoms with Gasteiger partial charge in [0.15, 0.2) is 0 Å². The van der Waals surface area contributed by atoms with Gasteiger partial charge < -0.3 is 10.5 Å². The van der Waals surface area contributed by atoms with E-state index in [1.165, 1.54) is 27.3 Å². The van der Waals surface area contributed by atoms with Crippen molar-refractivity contribution >= 4 is 11.3 Å². The Balaban J connectivity index is 1.94. The Bertz CT molecular complexity index is 634. The minimum atomic E-state index is -0.252. The van der Waals surface area contributed by atoms with E-state index in [1.54, 1.807) is 7.11 Å². The molecule has 21 heavy (non-hydrogen) atoms. The summed E-state index contributed by atoms with van der Waals surface area (Å²) < 4.78 is 5.39. The molecule has 1 aromatic heterocycles. The lowest BCUT2D eigenvalue weighted by Gasteiger charge is -2.36. The SMILES string of the molecule is CCc1ccc(CC2(N)CCCc3ccc(OC)cc32)s1. The summed E-state index contributed by atoms with van der Waals surface area (Å²) in [4.78, 5) is 2.83. The van der Waals surface area contributed by atoms with Gasteiger partial charge in [-0.1, -0.05) is 13.0 Å². The summed E-state index contributed by atoms with van der Waals surface area (Å²) in [5, 5.41) is 0. The van der Waals surface area contributed by atoms with Crippen LogP contribution in [0.3, 0.4) is 0 Å². The van der Waals surface area contributed by atoms with E-state index in [0.29, 0.717) is 0 Å².